The SMILES string of the molecule is COc1ccc(C(C)NC(C)c2nccs2)cc1. The van der Waals surface area contributed by atoms with E-state index in [1.807, 2.05) is 23.7 Å². The summed E-state index contributed by atoms with van der Waals surface area (Å²) in [5, 5.41) is 6.67. The van der Waals surface area contributed by atoms with Gasteiger partial charge in [-0.1, -0.05) is 12.1 Å². The second-order valence-electron chi connectivity index (χ2n) is 4.25. The van der Waals surface area contributed by atoms with E-state index in [0.29, 0.717) is 0 Å². The molecule has 2 unspecified atom stereocenters. The first-order valence-electron chi connectivity index (χ1n) is 6.00. The molecule has 18 heavy (non-hydrogen) atoms. The van der Waals surface area contributed by atoms with Gasteiger partial charge in [0, 0.05) is 17.6 Å². The van der Waals surface area contributed by atoms with E-state index in [1.54, 1.807) is 18.4 Å². The molecule has 0 saturated heterocycles. The Labute approximate surface area is 112 Å². The van der Waals surface area contributed by atoms with Crippen LogP contribution in [0.5, 0.6) is 5.75 Å². The number of thiazole rings is 1. The van der Waals surface area contributed by atoms with Crippen molar-refractivity contribution in [2.45, 2.75) is 25.9 Å². The van der Waals surface area contributed by atoms with Crippen LogP contribution in [0, 0.1) is 0 Å². The summed E-state index contributed by atoms with van der Waals surface area (Å²) in [7, 11) is 1.68. The van der Waals surface area contributed by atoms with E-state index in [0.717, 1.165) is 10.8 Å². The van der Waals surface area contributed by atoms with Gasteiger partial charge >= 0.3 is 0 Å². The largest absolute Gasteiger partial charge is 0.497 e. The van der Waals surface area contributed by atoms with Gasteiger partial charge in [-0.05, 0) is 31.5 Å². The van der Waals surface area contributed by atoms with Gasteiger partial charge in [0.2, 0.25) is 0 Å². The molecule has 1 aromatic heterocycles. The van der Waals surface area contributed by atoms with Gasteiger partial charge in [-0.15, -0.1) is 11.3 Å². The summed E-state index contributed by atoms with van der Waals surface area (Å²) >= 11 is 1.68. The van der Waals surface area contributed by atoms with Crippen molar-refractivity contribution in [3.8, 4) is 5.75 Å². The molecule has 2 aromatic rings. The predicted molar refractivity (Wildman–Crippen MR) is 75.1 cm³/mol. The lowest BCUT2D eigenvalue weighted by Gasteiger charge is -2.19. The quantitative estimate of drug-likeness (QED) is 0.894. The molecule has 0 aliphatic rings. The molecule has 3 nitrogen and oxygen atoms in total. The fourth-order valence-corrected chi connectivity index (χ4v) is 2.54. The Morgan fingerprint density at radius 3 is 2.44 bits per heavy atom. The van der Waals surface area contributed by atoms with Crippen molar-refractivity contribution in [2.24, 2.45) is 0 Å². The highest BCUT2D eigenvalue weighted by Gasteiger charge is 2.12. The van der Waals surface area contributed by atoms with E-state index in [4.69, 9.17) is 4.74 Å². The third-order valence-corrected chi connectivity index (χ3v) is 3.90. The summed E-state index contributed by atoms with van der Waals surface area (Å²) in [5.74, 6) is 0.888. The topological polar surface area (TPSA) is 34.1 Å². The molecule has 2 rings (SSSR count). The predicted octanol–water partition coefficient (Wildman–Crippen LogP) is 3.56. The fraction of sp³-hybridized carbons (Fsp3) is 0.357. The molecule has 0 saturated carbocycles. The van der Waals surface area contributed by atoms with Gasteiger partial charge in [0.15, 0.2) is 0 Å². The lowest BCUT2D eigenvalue weighted by atomic mass is 10.1. The zero-order chi connectivity index (χ0) is 13.0. The maximum Gasteiger partial charge on any atom is 0.118 e. The molecule has 4 heteroatoms. The summed E-state index contributed by atoms with van der Waals surface area (Å²) in [6, 6.07) is 8.70. The van der Waals surface area contributed by atoms with E-state index >= 15 is 0 Å². The first-order valence-corrected chi connectivity index (χ1v) is 6.88. The lowest BCUT2D eigenvalue weighted by molar-refractivity contribution is 0.414. The third-order valence-electron chi connectivity index (χ3n) is 2.94. The second-order valence-corrected chi connectivity index (χ2v) is 5.18. The Bertz CT molecular complexity index is 467. The minimum Gasteiger partial charge on any atom is -0.497 e. The maximum absolute atomic E-state index is 5.16. The van der Waals surface area contributed by atoms with Crippen molar-refractivity contribution >= 4 is 11.3 Å². The smallest absolute Gasteiger partial charge is 0.118 e. The van der Waals surface area contributed by atoms with Crippen LogP contribution in [0.15, 0.2) is 35.8 Å². The molecule has 0 fully saturated rings. The molecule has 0 bridgehead atoms. The lowest BCUT2D eigenvalue weighted by Crippen LogP contribution is -2.22. The van der Waals surface area contributed by atoms with Crippen LogP contribution in [-0.4, -0.2) is 12.1 Å². The number of nitrogens with zero attached hydrogens (tertiary/aromatic N) is 1. The van der Waals surface area contributed by atoms with Gasteiger partial charge < -0.3 is 10.1 Å². The van der Waals surface area contributed by atoms with Crippen molar-refractivity contribution in [3.63, 3.8) is 0 Å². The first-order chi connectivity index (χ1) is 8.70. The number of ether oxygens (including phenoxy) is 1. The molecule has 1 aromatic carbocycles. The highest BCUT2D eigenvalue weighted by atomic mass is 32.1. The Kier molecular flexibility index (Phi) is 4.33. The summed E-state index contributed by atoms with van der Waals surface area (Å²) in [6.07, 6.45) is 1.84. The van der Waals surface area contributed by atoms with Gasteiger partial charge in [0.25, 0.3) is 0 Å². The first kappa shape index (κ1) is 13.1. The zero-order valence-electron chi connectivity index (χ0n) is 10.9. The molecule has 0 spiro atoms. The number of methoxy groups -OCH3 is 1. The molecule has 0 amide bonds. The van der Waals surface area contributed by atoms with Crippen molar-refractivity contribution < 1.29 is 4.74 Å². The highest BCUT2D eigenvalue weighted by molar-refractivity contribution is 7.09. The van der Waals surface area contributed by atoms with Gasteiger partial charge in [-0.2, -0.15) is 0 Å². The molecule has 1 heterocycles. The molecule has 0 radical (unpaired) electrons. The van der Waals surface area contributed by atoms with Gasteiger partial charge in [0.1, 0.15) is 10.8 Å². The van der Waals surface area contributed by atoms with E-state index < -0.39 is 0 Å². The van der Waals surface area contributed by atoms with Crippen molar-refractivity contribution in [3.05, 3.63) is 46.4 Å². The Balaban J connectivity index is 2.00. The van der Waals surface area contributed by atoms with Crippen molar-refractivity contribution in [2.75, 3.05) is 7.11 Å². The Hall–Kier alpha value is -1.39. The maximum atomic E-state index is 5.16. The molecule has 96 valence electrons. The monoisotopic (exact) mass is 262 g/mol. The minimum atomic E-state index is 0.266. The van der Waals surface area contributed by atoms with E-state index in [9.17, 15) is 0 Å². The molecule has 1 N–H and O–H groups in total. The van der Waals surface area contributed by atoms with Crippen LogP contribution in [0.1, 0.15) is 36.5 Å². The minimum absolute atomic E-state index is 0.266. The van der Waals surface area contributed by atoms with Crippen LogP contribution < -0.4 is 10.1 Å². The van der Waals surface area contributed by atoms with Crippen LogP contribution in [0.2, 0.25) is 0 Å². The average Bonchev–Trinajstić information content (AvgIpc) is 2.92. The van der Waals surface area contributed by atoms with Gasteiger partial charge in [0.05, 0.1) is 13.2 Å². The van der Waals surface area contributed by atoms with Crippen LogP contribution >= 0.6 is 11.3 Å². The molecule has 0 aliphatic heterocycles. The molecule has 2 atom stereocenters. The van der Waals surface area contributed by atoms with Crippen LogP contribution in [0.3, 0.4) is 0 Å². The molecular weight excluding hydrogens is 244 g/mol. The van der Waals surface area contributed by atoms with Crippen molar-refractivity contribution in [1.82, 2.24) is 10.3 Å². The van der Waals surface area contributed by atoms with E-state index in [-0.39, 0.29) is 12.1 Å². The summed E-state index contributed by atoms with van der Waals surface area (Å²) in [6.45, 7) is 4.30. The standard InChI is InChI=1S/C14H18N2OS/c1-10(12-4-6-13(17-3)7-5-12)16-11(2)14-15-8-9-18-14/h4-11,16H,1-3H3. The number of nitrogens with one attached hydrogen (secondary N) is 1. The number of rotatable bonds is 5. The number of benzene rings is 1. The Morgan fingerprint density at radius 2 is 1.89 bits per heavy atom. The highest BCUT2D eigenvalue weighted by Crippen LogP contribution is 2.22. The third kappa shape index (κ3) is 3.09. The van der Waals surface area contributed by atoms with Crippen LogP contribution in [-0.2, 0) is 0 Å². The number of hydrogen-bond donors (Lipinski definition) is 1. The average molecular weight is 262 g/mol. The molecule has 0 aliphatic carbocycles. The van der Waals surface area contributed by atoms with Crippen LogP contribution in [0.4, 0.5) is 0 Å². The molecular formula is C14H18N2OS. The fourth-order valence-electron chi connectivity index (χ4n) is 1.88. The van der Waals surface area contributed by atoms with E-state index in [2.05, 4.69) is 36.3 Å². The van der Waals surface area contributed by atoms with Crippen LogP contribution in [0.25, 0.3) is 0 Å². The normalized spacial score (nSPS) is 14.2. The Morgan fingerprint density at radius 1 is 1.17 bits per heavy atom. The summed E-state index contributed by atoms with van der Waals surface area (Å²) in [5.41, 5.74) is 1.25. The van der Waals surface area contributed by atoms with Gasteiger partial charge in [-0.25, -0.2) is 4.98 Å². The van der Waals surface area contributed by atoms with Crippen molar-refractivity contribution in [1.29, 1.82) is 0 Å². The second kappa shape index (κ2) is 5.98. The zero-order valence-corrected chi connectivity index (χ0v) is 11.7. The van der Waals surface area contributed by atoms with Gasteiger partial charge in [-0.3, -0.25) is 0 Å². The summed E-state index contributed by atoms with van der Waals surface area (Å²) in [4.78, 5) is 4.33. The number of aromatic nitrogens is 1. The number of hydrogen-bond acceptors (Lipinski definition) is 4. The summed E-state index contributed by atoms with van der Waals surface area (Å²) < 4.78 is 5.16. The van der Waals surface area contributed by atoms with E-state index in [1.165, 1.54) is 5.56 Å².